The Bertz CT molecular complexity index is 467. The van der Waals surface area contributed by atoms with Gasteiger partial charge in [0.15, 0.2) is 0 Å². The van der Waals surface area contributed by atoms with E-state index in [4.69, 9.17) is 17.3 Å². The van der Waals surface area contributed by atoms with Gasteiger partial charge in [-0.05, 0) is 43.5 Å². The summed E-state index contributed by atoms with van der Waals surface area (Å²) in [7, 11) is 0. The Balaban J connectivity index is 2.05. The number of carbonyl (C=O) groups is 1. The fraction of sp³-hybridized carbons (Fsp3) is 0.500. The van der Waals surface area contributed by atoms with Crippen molar-refractivity contribution >= 4 is 17.5 Å². The number of hydrogen-bond acceptors (Lipinski definition) is 2. The van der Waals surface area contributed by atoms with Gasteiger partial charge >= 0.3 is 0 Å². The lowest BCUT2D eigenvalue weighted by molar-refractivity contribution is 0.0908. The summed E-state index contributed by atoms with van der Waals surface area (Å²) in [5, 5.41) is 2.95. The molecule has 1 aliphatic rings. The second-order valence-corrected chi connectivity index (χ2v) is 5.40. The molecule has 104 valence electrons. The van der Waals surface area contributed by atoms with Gasteiger partial charge in [0.2, 0.25) is 0 Å². The first-order chi connectivity index (χ1) is 9.11. The third-order valence-corrected chi connectivity index (χ3v) is 4.00. The molecule has 0 aromatic heterocycles. The summed E-state index contributed by atoms with van der Waals surface area (Å²) in [6.45, 7) is 0.578. The summed E-state index contributed by atoms with van der Waals surface area (Å²) >= 11 is 5.68. The molecule has 0 aliphatic heterocycles. The standard InChI is InChI=1S/C14H18ClFN2O/c15-11-7-9(5-6-12(11)16)14(19)18-13-4-2-1-3-10(13)8-17/h5-7,10,13H,1-4,8,17H2,(H,18,19). The first-order valence-electron chi connectivity index (χ1n) is 6.58. The molecule has 1 aliphatic carbocycles. The van der Waals surface area contributed by atoms with Crippen molar-refractivity contribution in [3.8, 4) is 0 Å². The van der Waals surface area contributed by atoms with Gasteiger partial charge in [-0.25, -0.2) is 4.39 Å². The molecule has 2 unspecified atom stereocenters. The topological polar surface area (TPSA) is 55.1 Å². The monoisotopic (exact) mass is 284 g/mol. The molecule has 0 heterocycles. The number of halogens is 2. The first-order valence-corrected chi connectivity index (χ1v) is 6.95. The average Bonchev–Trinajstić information content (AvgIpc) is 2.42. The van der Waals surface area contributed by atoms with Crippen LogP contribution < -0.4 is 11.1 Å². The van der Waals surface area contributed by atoms with Gasteiger partial charge in [-0.15, -0.1) is 0 Å². The molecule has 1 aromatic rings. The Morgan fingerprint density at radius 1 is 1.42 bits per heavy atom. The van der Waals surface area contributed by atoms with Crippen molar-refractivity contribution in [1.29, 1.82) is 0 Å². The largest absolute Gasteiger partial charge is 0.349 e. The number of nitrogens with one attached hydrogen (secondary N) is 1. The van der Waals surface area contributed by atoms with E-state index in [1.165, 1.54) is 18.2 Å². The summed E-state index contributed by atoms with van der Waals surface area (Å²) < 4.78 is 13.1. The molecule has 1 saturated carbocycles. The molecule has 5 heteroatoms. The van der Waals surface area contributed by atoms with Gasteiger partial charge < -0.3 is 11.1 Å². The number of hydrogen-bond donors (Lipinski definition) is 2. The number of rotatable bonds is 3. The Kier molecular flexibility index (Phi) is 4.77. The summed E-state index contributed by atoms with van der Waals surface area (Å²) in [5.74, 6) is -0.406. The first kappa shape index (κ1) is 14.3. The average molecular weight is 285 g/mol. The molecule has 0 bridgehead atoms. The predicted molar refractivity (Wildman–Crippen MR) is 73.7 cm³/mol. The van der Waals surface area contributed by atoms with E-state index >= 15 is 0 Å². The van der Waals surface area contributed by atoms with Crippen molar-refractivity contribution in [3.05, 3.63) is 34.6 Å². The predicted octanol–water partition coefficient (Wildman–Crippen LogP) is 2.73. The number of benzene rings is 1. The van der Waals surface area contributed by atoms with Crippen LogP contribution in [-0.4, -0.2) is 18.5 Å². The minimum absolute atomic E-state index is 0.0355. The highest BCUT2D eigenvalue weighted by molar-refractivity contribution is 6.31. The maximum absolute atomic E-state index is 13.1. The van der Waals surface area contributed by atoms with Crippen LogP contribution in [-0.2, 0) is 0 Å². The van der Waals surface area contributed by atoms with Gasteiger partial charge in [-0.2, -0.15) is 0 Å². The zero-order valence-corrected chi connectivity index (χ0v) is 11.4. The molecule has 1 amide bonds. The van der Waals surface area contributed by atoms with Gasteiger partial charge in [0.25, 0.3) is 5.91 Å². The molecule has 1 fully saturated rings. The fourth-order valence-electron chi connectivity index (χ4n) is 2.57. The van der Waals surface area contributed by atoms with Crippen LogP contribution in [0.4, 0.5) is 4.39 Å². The summed E-state index contributed by atoms with van der Waals surface area (Å²) in [6, 6.07) is 4.11. The van der Waals surface area contributed by atoms with Crippen molar-refractivity contribution < 1.29 is 9.18 Å². The van der Waals surface area contributed by atoms with E-state index in [9.17, 15) is 9.18 Å². The minimum Gasteiger partial charge on any atom is -0.349 e. The van der Waals surface area contributed by atoms with E-state index in [0.29, 0.717) is 18.0 Å². The lowest BCUT2D eigenvalue weighted by Crippen LogP contribution is -2.44. The molecule has 1 aromatic carbocycles. The van der Waals surface area contributed by atoms with E-state index in [-0.39, 0.29) is 17.0 Å². The second kappa shape index (κ2) is 6.35. The Hall–Kier alpha value is -1.13. The number of nitrogens with two attached hydrogens (primary N) is 1. The van der Waals surface area contributed by atoms with Gasteiger partial charge in [-0.1, -0.05) is 24.4 Å². The zero-order chi connectivity index (χ0) is 13.8. The highest BCUT2D eigenvalue weighted by atomic mass is 35.5. The maximum atomic E-state index is 13.1. The third kappa shape index (κ3) is 3.45. The molecular formula is C14H18ClFN2O. The molecule has 3 nitrogen and oxygen atoms in total. The fourth-order valence-corrected chi connectivity index (χ4v) is 2.75. The van der Waals surface area contributed by atoms with E-state index < -0.39 is 5.82 Å². The van der Waals surface area contributed by atoms with Crippen LogP contribution in [0.3, 0.4) is 0 Å². The summed E-state index contributed by atoms with van der Waals surface area (Å²) in [4.78, 5) is 12.1. The summed E-state index contributed by atoms with van der Waals surface area (Å²) in [5.41, 5.74) is 6.11. The molecule has 2 atom stereocenters. The van der Waals surface area contributed by atoms with E-state index in [1.807, 2.05) is 0 Å². The SMILES string of the molecule is NCC1CCCCC1NC(=O)c1ccc(F)c(Cl)c1. The van der Waals surface area contributed by atoms with Crippen LogP contribution in [0.2, 0.25) is 5.02 Å². The lowest BCUT2D eigenvalue weighted by atomic mass is 9.84. The Morgan fingerprint density at radius 3 is 2.84 bits per heavy atom. The van der Waals surface area contributed by atoms with Gasteiger partial charge in [0.1, 0.15) is 5.82 Å². The van der Waals surface area contributed by atoms with Gasteiger partial charge in [0, 0.05) is 11.6 Å². The normalized spacial score (nSPS) is 23.1. The maximum Gasteiger partial charge on any atom is 0.251 e. The van der Waals surface area contributed by atoms with Crippen LogP contribution >= 0.6 is 11.6 Å². The van der Waals surface area contributed by atoms with Crippen LogP contribution in [0.25, 0.3) is 0 Å². The minimum atomic E-state index is -0.518. The van der Waals surface area contributed by atoms with E-state index in [1.54, 1.807) is 0 Å². The molecule has 19 heavy (non-hydrogen) atoms. The molecule has 0 radical (unpaired) electrons. The molecule has 2 rings (SSSR count). The smallest absolute Gasteiger partial charge is 0.251 e. The van der Waals surface area contributed by atoms with Gasteiger partial charge in [0.05, 0.1) is 5.02 Å². The van der Waals surface area contributed by atoms with Crippen LogP contribution in [0.5, 0.6) is 0 Å². The molecular weight excluding hydrogens is 267 g/mol. The molecule has 3 N–H and O–H groups in total. The van der Waals surface area contributed by atoms with Crippen molar-refractivity contribution in [1.82, 2.24) is 5.32 Å². The quantitative estimate of drug-likeness (QED) is 0.897. The highest BCUT2D eigenvalue weighted by Gasteiger charge is 2.25. The molecule has 0 spiro atoms. The third-order valence-electron chi connectivity index (χ3n) is 3.71. The number of amides is 1. The highest BCUT2D eigenvalue weighted by Crippen LogP contribution is 2.24. The zero-order valence-electron chi connectivity index (χ0n) is 10.7. The second-order valence-electron chi connectivity index (χ2n) is 4.99. The molecule has 0 saturated heterocycles. The van der Waals surface area contributed by atoms with Gasteiger partial charge in [-0.3, -0.25) is 4.79 Å². The van der Waals surface area contributed by atoms with E-state index in [2.05, 4.69) is 5.32 Å². The van der Waals surface area contributed by atoms with E-state index in [0.717, 1.165) is 25.7 Å². The van der Waals surface area contributed by atoms with Crippen molar-refractivity contribution in [3.63, 3.8) is 0 Å². The summed E-state index contributed by atoms with van der Waals surface area (Å²) in [6.07, 6.45) is 4.26. The van der Waals surface area contributed by atoms with Crippen molar-refractivity contribution in [2.24, 2.45) is 11.7 Å². The lowest BCUT2D eigenvalue weighted by Gasteiger charge is -2.31. The Labute approximate surface area is 117 Å². The van der Waals surface area contributed by atoms with Crippen molar-refractivity contribution in [2.75, 3.05) is 6.54 Å². The van der Waals surface area contributed by atoms with Crippen molar-refractivity contribution in [2.45, 2.75) is 31.7 Å². The van der Waals surface area contributed by atoms with Crippen LogP contribution in [0.1, 0.15) is 36.0 Å². The Morgan fingerprint density at radius 2 is 2.16 bits per heavy atom. The van der Waals surface area contributed by atoms with Crippen LogP contribution in [0.15, 0.2) is 18.2 Å². The van der Waals surface area contributed by atoms with Crippen LogP contribution in [0, 0.1) is 11.7 Å². The number of carbonyl (C=O) groups excluding carboxylic acids is 1.